The Morgan fingerprint density at radius 2 is 1.90 bits per heavy atom. The molecule has 0 aromatic rings. The van der Waals surface area contributed by atoms with E-state index < -0.39 is 5.79 Å². The molecule has 4 aliphatic carbocycles. The number of hydrogen-bond donors (Lipinski definition) is 0. The Kier molecular flexibility index (Phi) is 4.77. The Morgan fingerprint density at radius 1 is 1.14 bits per heavy atom. The minimum atomic E-state index is -0.500. The number of nitrogens with zero attached hydrogens (tertiary/aromatic N) is 1. The molecule has 0 aromatic carbocycles. The van der Waals surface area contributed by atoms with Gasteiger partial charge in [-0.25, -0.2) is 0 Å². The number of fused-ring (bicyclic) bond motifs is 5. The molecule has 0 aromatic heterocycles. The van der Waals surface area contributed by atoms with Crippen molar-refractivity contribution in [2.45, 2.75) is 83.6 Å². The summed E-state index contributed by atoms with van der Waals surface area (Å²) in [4.78, 5) is 12.2. The second-order valence-corrected chi connectivity index (χ2v) is 11.0. The van der Waals surface area contributed by atoms with E-state index >= 15 is 0 Å². The molecule has 8 unspecified atom stereocenters. The van der Waals surface area contributed by atoms with Gasteiger partial charge in [-0.3, -0.25) is 0 Å². The number of hydrogen-bond acceptors (Lipinski definition) is 5. The average molecular weight is 404 g/mol. The monoisotopic (exact) mass is 403 g/mol. The van der Waals surface area contributed by atoms with Crippen LogP contribution in [-0.2, 0) is 14.2 Å². The lowest BCUT2D eigenvalue weighted by Crippen LogP contribution is -2.57. The van der Waals surface area contributed by atoms with Crippen molar-refractivity contribution in [2.24, 2.45) is 39.7 Å². The van der Waals surface area contributed by atoms with Gasteiger partial charge in [-0.2, -0.15) is 4.91 Å². The van der Waals surface area contributed by atoms with E-state index in [1.807, 2.05) is 7.11 Å². The zero-order valence-electron chi connectivity index (χ0n) is 18.5. The van der Waals surface area contributed by atoms with Crippen LogP contribution in [0.1, 0.15) is 65.7 Å². The third kappa shape index (κ3) is 2.76. The molecule has 29 heavy (non-hydrogen) atoms. The van der Waals surface area contributed by atoms with E-state index in [2.05, 4.69) is 32.0 Å². The number of ether oxygens (including phenoxy) is 3. The first-order chi connectivity index (χ1) is 13.9. The molecule has 5 heteroatoms. The van der Waals surface area contributed by atoms with Crippen LogP contribution in [0, 0.1) is 39.4 Å². The maximum Gasteiger partial charge on any atom is 0.169 e. The summed E-state index contributed by atoms with van der Waals surface area (Å²) in [6.07, 6.45) is 10.4. The highest BCUT2D eigenvalue weighted by Gasteiger charge is 2.65. The van der Waals surface area contributed by atoms with Crippen molar-refractivity contribution in [3.8, 4) is 0 Å². The van der Waals surface area contributed by atoms with Gasteiger partial charge in [0.25, 0.3) is 0 Å². The molecule has 0 amide bonds. The Morgan fingerprint density at radius 3 is 2.59 bits per heavy atom. The van der Waals surface area contributed by atoms with Crippen molar-refractivity contribution < 1.29 is 14.2 Å². The van der Waals surface area contributed by atoms with E-state index in [1.165, 1.54) is 12.0 Å². The number of nitroso groups, excluding NO2 is 1. The SMILES string of the molecule is COC1CCC2(C)C(=CCC3C2C(N=O)CC2(C)C3CCC2C2(C)OCCO2)C1. The second kappa shape index (κ2) is 6.86. The van der Waals surface area contributed by atoms with Crippen molar-refractivity contribution in [3.63, 3.8) is 0 Å². The van der Waals surface area contributed by atoms with Crippen LogP contribution in [0.3, 0.4) is 0 Å². The molecule has 162 valence electrons. The van der Waals surface area contributed by atoms with Crippen LogP contribution in [0.2, 0.25) is 0 Å². The van der Waals surface area contributed by atoms with Gasteiger partial charge < -0.3 is 14.2 Å². The molecule has 0 radical (unpaired) electrons. The van der Waals surface area contributed by atoms with Crippen LogP contribution in [0.4, 0.5) is 0 Å². The summed E-state index contributed by atoms with van der Waals surface area (Å²) in [6, 6.07) is -0.111. The molecule has 0 spiro atoms. The molecule has 4 fully saturated rings. The van der Waals surface area contributed by atoms with Gasteiger partial charge in [-0.15, -0.1) is 0 Å². The molecule has 3 saturated carbocycles. The third-order valence-electron chi connectivity index (χ3n) is 9.95. The van der Waals surface area contributed by atoms with Crippen molar-refractivity contribution in [1.82, 2.24) is 0 Å². The highest BCUT2D eigenvalue weighted by molar-refractivity contribution is 5.27. The Bertz CT molecular complexity index is 701. The first-order valence-corrected chi connectivity index (χ1v) is 11.7. The summed E-state index contributed by atoms with van der Waals surface area (Å²) in [5, 5.41) is 3.81. The topological polar surface area (TPSA) is 57.1 Å². The zero-order valence-corrected chi connectivity index (χ0v) is 18.5. The van der Waals surface area contributed by atoms with Gasteiger partial charge >= 0.3 is 0 Å². The largest absolute Gasteiger partial charge is 0.381 e. The average Bonchev–Trinajstić information content (AvgIpc) is 3.30. The molecule has 5 rings (SSSR count). The van der Waals surface area contributed by atoms with Crippen LogP contribution in [0.5, 0.6) is 0 Å². The molecule has 0 N–H and O–H groups in total. The maximum absolute atomic E-state index is 12.2. The molecule has 5 nitrogen and oxygen atoms in total. The van der Waals surface area contributed by atoms with Crippen LogP contribution in [0.25, 0.3) is 0 Å². The third-order valence-corrected chi connectivity index (χ3v) is 9.95. The van der Waals surface area contributed by atoms with Crippen molar-refractivity contribution >= 4 is 0 Å². The summed E-state index contributed by atoms with van der Waals surface area (Å²) in [7, 11) is 1.83. The molecular weight excluding hydrogens is 366 g/mol. The zero-order chi connectivity index (χ0) is 20.4. The van der Waals surface area contributed by atoms with Crippen molar-refractivity contribution in [1.29, 1.82) is 0 Å². The van der Waals surface area contributed by atoms with Gasteiger partial charge in [0.15, 0.2) is 5.79 Å². The highest BCUT2D eigenvalue weighted by atomic mass is 16.7. The summed E-state index contributed by atoms with van der Waals surface area (Å²) in [5.41, 5.74) is 1.68. The van der Waals surface area contributed by atoms with Gasteiger partial charge in [0.2, 0.25) is 0 Å². The van der Waals surface area contributed by atoms with Crippen molar-refractivity contribution in [2.75, 3.05) is 20.3 Å². The molecule has 0 bridgehead atoms. The molecule has 8 atom stereocenters. The summed E-state index contributed by atoms with van der Waals surface area (Å²) in [6.45, 7) is 8.31. The van der Waals surface area contributed by atoms with Gasteiger partial charge in [-0.1, -0.05) is 30.7 Å². The van der Waals surface area contributed by atoms with E-state index in [9.17, 15) is 4.91 Å². The molecule has 1 aliphatic heterocycles. The summed E-state index contributed by atoms with van der Waals surface area (Å²) in [5.74, 6) is 1.37. The molecule has 1 saturated heterocycles. The van der Waals surface area contributed by atoms with E-state index in [0.717, 1.165) is 38.5 Å². The number of methoxy groups -OCH3 is 1. The van der Waals surface area contributed by atoms with Crippen LogP contribution < -0.4 is 0 Å². The molecule has 1 heterocycles. The predicted octanol–water partition coefficient (Wildman–Crippen LogP) is 5.09. The molecular formula is C24H37NO4. The Balaban J connectivity index is 1.50. The fourth-order valence-electron chi connectivity index (χ4n) is 8.66. The predicted molar refractivity (Wildman–Crippen MR) is 111 cm³/mol. The lowest BCUT2D eigenvalue weighted by Gasteiger charge is -2.60. The summed E-state index contributed by atoms with van der Waals surface area (Å²) < 4.78 is 17.9. The fraction of sp³-hybridized carbons (Fsp3) is 0.917. The van der Waals surface area contributed by atoms with Crippen molar-refractivity contribution in [3.05, 3.63) is 16.6 Å². The van der Waals surface area contributed by atoms with Gasteiger partial charge in [0, 0.05) is 13.0 Å². The van der Waals surface area contributed by atoms with Gasteiger partial charge in [-0.05, 0) is 80.5 Å². The van der Waals surface area contributed by atoms with E-state index in [4.69, 9.17) is 14.2 Å². The molecule has 5 aliphatic rings. The van der Waals surface area contributed by atoms with Gasteiger partial charge in [0.1, 0.15) is 0 Å². The first-order valence-electron chi connectivity index (χ1n) is 11.7. The van der Waals surface area contributed by atoms with E-state index in [1.54, 1.807) is 0 Å². The Hall–Kier alpha value is -0.780. The van der Waals surface area contributed by atoms with Crippen LogP contribution >= 0.6 is 0 Å². The quantitative estimate of drug-likeness (QED) is 0.487. The first kappa shape index (κ1) is 20.1. The fourth-order valence-corrected chi connectivity index (χ4v) is 8.66. The standard InChI is InChI=1S/C24H37NO4/c1-22-10-9-16(27-4)13-15(22)5-6-17-18-7-8-20(24(3)28-11-12-29-24)23(18,2)14-19(25-26)21(17)22/h5,16-21H,6-14H2,1-4H3. The normalized spacial score (nSPS) is 51.0. The van der Waals surface area contributed by atoms with Crippen LogP contribution in [-0.4, -0.2) is 38.3 Å². The minimum Gasteiger partial charge on any atom is -0.381 e. The lowest BCUT2D eigenvalue weighted by atomic mass is 9.45. The Labute approximate surface area is 174 Å². The summed E-state index contributed by atoms with van der Waals surface area (Å²) >= 11 is 0. The lowest BCUT2D eigenvalue weighted by molar-refractivity contribution is -0.215. The smallest absolute Gasteiger partial charge is 0.169 e. The minimum absolute atomic E-state index is 0.0598. The maximum atomic E-state index is 12.2. The van der Waals surface area contributed by atoms with Crippen LogP contribution in [0.15, 0.2) is 16.8 Å². The van der Waals surface area contributed by atoms with E-state index in [0.29, 0.717) is 43.0 Å². The highest BCUT2D eigenvalue weighted by Crippen LogP contribution is 2.68. The number of rotatable bonds is 3. The second-order valence-electron chi connectivity index (χ2n) is 11.0. The van der Waals surface area contributed by atoms with Gasteiger partial charge in [0.05, 0.1) is 25.4 Å². The van der Waals surface area contributed by atoms with E-state index in [-0.39, 0.29) is 16.9 Å². The number of allylic oxidation sites excluding steroid dienone is 1.